The number of hydrogen-bond acceptors (Lipinski definition) is 3. The van der Waals surface area contributed by atoms with Crippen molar-refractivity contribution >= 4 is 11.0 Å². The molecule has 0 fully saturated rings. The van der Waals surface area contributed by atoms with Crippen molar-refractivity contribution in [3.05, 3.63) is 39.2 Å². The van der Waals surface area contributed by atoms with Crippen LogP contribution in [0.15, 0.2) is 21.3 Å². The van der Waals surface area contributed by atoms with Crippen LogP contribution < -0.4 is 5.63 Å². The molecule has 0 atom stereocenters. The number of phenols is 1. The minimum Gasteiger partial charge on any atom is -0.508 e. The van der Waals surface area contributed by atoms with Crippen LogP contribution in [0.3, 0.4) is 0 Å². The lowest BCUT2D eigenvalue weighted by Gasteiger charge is -2.10. The zero-order valence-corrected chi connectivity index (χ0v) is 10.3. The molecule has 0 aliphatic heterocycles. The Morgan fingerprint density at radius 3 is 2.53 bits per heavy atom. The van der Waals surface area contributed by atoms with Crippen LogP contribution in [-0.2, 0) is 12.8 Å². The van der Waals surface area contributed by atoms with Gasteiger partial charge in [-0.25, -0.2) is 4.79 Å². The molecule has 0 radical (unpaired) electrons. The first kappa shape index (κ1) is 11.7. The molecule has 0 aliphatic rings. The van der Waals surface area contributed by atoms with Gasteiger partial charge >= 0.3 is 5.63 Å². The number of rotatable bonds is 2. The van der Waals surface area contributed by atoms with Crippen LogP contribution in [-0.4, -0.2) is 5.11 Å². The first-order valence-corrected chi connectivity index (χ1v) is 5.86. The van der Waals surface area contributed by atoms with E-state index in [2.05, 4.69) is 0 Å². The maximum Gasteiger partial charge on any atom is 0.339 e. The lowest BCUT2D eigenvalue weighted by Crippen LogP contribution is -2.09. The van der Waals surface area contributed by atoms with E-state index in [1.165, 1.54) is 6.07 Å². The quantitative estimate of drug-likeness (QED) is 0.810. The van der Waals surface area contributed by atoms with Crippen molar-refractivity contribution in [1.82, 2.24) is 0 Å². The van der Waals surface area contributed by atoms with Gasteiger partial charge < -0.3 is 9.52 Å². The van der Waals surface area contributed by atoms with Gasteiger partial charge in [-0.1, -0.05) is 13.8 Å². The van der Waals surface area contributed by atoms with Crippen molar-refractivity contribution < 1.29 is 9.52 Å². The Balaban J connectivity index is 2.97. The van der Waals surface area contributed by atoms with Gasteiger partial charge in [-0.15, -0.1) is 0 Å². The van der Waals surface area contributed by atoms with E-state index in [4.69, 9.17) is 4.42 Å². The summed E-state index contributed by atoms with van der Waals surface area (Å²) >= 11 is 0. The molecular weight excluding hydrogens is 216 g/mol. The molecule has 1 aromatic heterocycles. The van der Waals surface area contributed by atoms with E-state index >= 15 is 0 Å². The van der Waals surface area contributed by atoms with E-state index in [9.17, 15) is 9.90 Å². The van der Waals surface area contributed by atoms with Crippen LogP contribution in [0, 0.1) is 6.92 Å². The summed E-state index contributed by atoms with van der Waals surface area (Å²) in [5.74, 6) is 0.140. The fourth-order valence-corrected chi connectivity index (χ4v) is 2.32. The van der Waals surface area contributed by atoms with Crippen molar-refractivity contribution in [1.29, 1.82) is 0 Å². The average Bonchev–Trinajstić information content (AvgIpc) is 2.27. The van der Waals surface area contributed by atoms with E-state index in [0.29, 0.717) is 12.0 Å². The van der Waals surface area contributed by atoms with E-state index in [1.807, 2.05) is 20.8 Å². The van der Waals surface area contributed by atoms with Gasteiger partial charge in [0.15, 0.2) is 0 Å². The standard InChI is InChI=1S/C14H16O3/c1-4-9-6-10(15)7-12-13(9)8(3)11(5-2)14(16)17-12/h6-7,15H,4-5H2,1-3H3. The molecule has 3 nitrogen and oxygen atoms in total. The van der Waals surface area contributed by atoms with Crippen molar-refractivity contribution in [3.63, 3.8) is 0 Å². The monoisotopic (exact) mass is 232 g/mol. The molecule has 3 heteroatoms. The van der Waals surface area contributed by atoms with Gasteiger partial charge in [-0.05, 0) is 37.0 Å². The Hall–Kier alpha value is -1.77. The topological polar surface area (TPSA) is 50.4 Å². The normalized spacial score (nSPS) is 11.0. The van der Waals surface area contributed by atoms with Crippen LogP contribution >= 0.6 is 0 Å². The van der Waals surface area contributed by atoms with Gasteiger partial charge in [0.1, 0.15) is 11.3 Å². The SMILES string of the molecule is CCc1c(C)c2c(CC)cc(O)cc2oc1=O. The largest absolute Gasteiger partial charge is 0.508 e. The Bertz CT molecular complexity index is 623. The van der Waals surface area contributed by atoms with E-state index in [1.54, 1.807) is 6.07 Å². The molecule has 0 saturated heterocycles. The predicted octanol–water partition coefficient (Wildman–Crippen LogP) is 2.93. The van der Waals surface area contributed by atoms with Crippen LogP contribution in [0.2, 0.25) is 0 Å². The lowest BCUT2D eigenvalue weighted by molar-refractivity contribution is 0.472. The average molecular weight is 232 g/mol. The Morgan fingerprint density at radius 2 is 1.94 bits per heavy atom. The van der Waals surface area contributed by atoms with Crippen LogP contribution in [0.4, 0.5) is 0 Å². The predicted molar refractivity (Wildman–Crippen MR) is 67.6 cm³/mol. The highest BCUT2D eigenvalue weighted by Gasteiger charge is 2.13. The molecule has 0 bridgehead atoms. The molecular formula is C14H16O3. The summed E-state index contributed by atoms with van der Waals surface area (Å²) in [5, 5.41) is 10.5. The first-order valence-electron chi connectivity index (χ1n) is 5.86. The molecule has 90 valence electrons. The third-order valence-electron chi connectivity index (χ3n) is 3.18. The van der Waals surface area contributed by atoms with Crippen molar-refractivity contribution in [3.8, 4) is 5.75 Å². The molecule has 0 amide bonds. The minimum absolute atomic E-state index is 0.140. The summed E-state index contributed by atoms with van der Waals surface area (Å²) in [6.07, 6.45) is 1.46. The molecule has 2 rings (SSSR count). The number of hydrogen-bond donors (Lipinski definition) is 1. The second kappa shape index (κ2) is 4.24. The number of aromatic hydroxyl groups is 1. The molecule has 0 unspecified atom stereocenters. The Kier molecular flexibility index (Phi) is 2.92. The van der Waals surface area contributed by atoms with Crippen molar-refractivity contribution in [2.75, 3.05) is 0 Å². The molecule has 1 aromatic carbocycles. The smallest absolute Gasteiger partial charge is 0.339 e. The highest BCUT2D eigenvalue weighted by molar-refractivity contribution is 5.86. The van der Waals surface area contributed by atoms with Crippen LogP contribution in [0.25, 0.3) is 11.0 Å². The molecule has 0 aliphatic carbocycles. The molecule has 1 heterocycles. The summed E-state index contributed by atoms with van der Waals surface area (Å²) in [7, 11) is 0. The van der Waals surface area contributed by atoms with Crippen molar-refractivity contribution in [2.24, 2.45) is 0 Å². The van der Waals surface area contributed by atoms with E-state index in [0.717, 1.165) is 28.5 Å². The molecule has 0 saturated carbocycles. The number of benzene rings is 1. The maximum absolute atomic E-state index is 11.7. The van der Waals surface area contributed by atoms with Gasteiger partial charge in [0.05, 0.1) is 0 Å². The zero-order chi connectivity index (χ0) is 12.6. The van der Waals surface area contributed by atoms with E-state index < -0.39 is 0 Å². The highest BCUT2D eigenvalue weighted by atomic mass is 16.4. The molecule has 17 heavy (non-hydrogen) atoms. The van der Waals surface area contributed by atoms with Crippen molar-refractivity contribution in [2.45, 2.75) is 33.6 Å². The lowest BCUT2D eigenvalue weighted by atomic mass is 9.98. The van der Waals surface area contributed by atoms with Gasteiger partial charge in [0.2, 0.25) is 0 Å². The first-order chi connectivity index (χ1) is 8.08. The summed E-state index contributed by atoms with van der Waals surface area (Å²) < 4.78 is 5.27. The van der Waals surface area contributed by atoms with Gasteiger partial charge in [0.25, 0.3) is 0 Å². The minimum atomic E-state index is -0.301. The molecule has 2 aromatic rings. The number of fused-ring (bicyclic) bond motifs is 1. The number of aryl methyl sites for hydroxylation is 2. The fourth-order valence-electron chi connectivity index (χ4n) is 2.32. The molecule has 0 spiro atoms. The Morgan fingerprint density at radius 1 is 1.24 bits per heavy atom. The van der Waals surface area contributed by atoms with E-state index in [-0.39, 0.29) is 11.4 Å². The van der Waals surface area contributed by atoms with Gasteiger partial charge in [0, 0.05) is 17.0 Å². The summed E-state index contributed by atoms with van der Waals surface area (Å²) in [6, 6.07) is 3.23. The fraction of sp³-hybridized carbons (Fsp3) is 0.357. The summed E-state index contributed by atoms with van der Waals surface area (Å²) in [5.41, 5.74) is 2.87. The third kappa shape index (κ3) is 1.82. The zero-order valence-electron chi connectivity index (χ0n) is 10.3. The highest BCUT2D eigenvalue weighted by Crippen LogP contribution is 2.28. The summed E-state index contributed by atoms with van der Waals surface area (Å²) in [4.78, 5) is 11.7. The second-order valence-electron chi connectivity index (χ2n) is 4.18. The third-order valence-corrected chi connectivity index (χ3v) is 3.18. The maximum atomic E-state index is 11.7. The second-order valence-corrected chi connectivity index (χ2v) is 4.18. The Labute approximate surface area is 99.7 Å². The van der Waals surface area contributed by atoms with Crippen LogP contribution in [0.1, 0.15) is 30.5 Å². The molecule has 1 N–H and O–H groups in total. The number of phenolic OH excluding ortho intramolecular Hbond substituents is 1. The van der Waals surface area contributed by atoms with Gasteiger partial charge in [-0.2, -0.15) is 0 Å². The van der Waals surface area contributed by atoms with Gasteiger partial charge in [-0.3, -0.25) is 0 Å². The van der Waals surface area contributed by atoms with Crippen LogP contribution in [0.5, 0.6) is 5.75 Å². The summed E-state index contributed by atoms with van der Waals surface area (Å²) in [6.45, 7) is 5.90.